The van der Waals surface area contributed by atoms with Gasteiger partial charge in [-0.1, -0.05) is 12.5 Å². The highest BCUT2D eigenvalue weighted by Gasteiger charge is 2.46. The second-order valence-corrected chi connectivity index (χ2v) is 6.66. The molecule has 5 heteroatoms. The summed E-state index contributed by atoms with van der Waals surface area (Å²) in [6, 6.07) is 5.63. The average Bonchev–Trinajstić information content (AvgIpc) is 2.46. The number of aromatic nitrogens is 1. The Labute approximate surface area is 131 Å². The third kappa shape index (κ3) is 2.88. The minimum absolute atomic E-state index is 0.0673. The van der Waals surface area contributed by atoms with Crippen molar-refractivity contribution >= 4 is 5.91 Å². The maximum absolute atomic E-state index is 12.8. The number of ether oxygens (including phenoxy) is 1. The molecule has 0 spiro atoms. The first-order chi connectivity index (χ1) is 10.6. The first-order valence-electron chi connectivity index (χ1n) is 8.03. The van der Waals surface area contributed by atoms with Crippen LogP contribution in [0.15, 0.2) is 24.4 Å². The Balaban J connectivity index is 1.74. The Hall–Kier alpha value is -1.46. The molecule has 3 rings (SSSR count). The van der Waals surface area contributed by atoms with E-state index in [2.05, 4.69) is 10.3 Å². The molecule has 0 radical (unpaired) electrons. The van der Waals surface area contributed by atoms with E-state index in [-0.39, 0.29) is 29.4 Å². The molecule has 1 aromatic rings. The highest BCUT2D eigenvalue weighted by Crippen LogP contribution is 2.43. The van der Waals surface area contributed by atoms with Crippen molar-refractivity contribution in [2.24, 2.45) is 11.3 Å². The van der Waals surface area contributed by atoms with Crippen LogP contribution in [-0.2, 0) is 9.53 Å². The average molecular weight is 304 g/mol. The zero-order valence-electron chi connectivity index (χ0n) is 13.0. The van der Waals surface area contributed by atoms with E-state index in [0.29, 0.717) is 6.61 Å². The SMILES string of the molecule is COCC1(C(=O)NC(c2ccccn2)C2CC(O)C2)CCC1. The maximum atomic E-state index is 12.8. The fourth-order valence-corrected chi connectivity index (χ4v) is 3.51. The van der Waals surface area contributed by atoms with Crippen molar-refractivity contribution < 1.29 is 14.6 Å². The van der Waals surface area contributed by atoms with Crippen LogP contribution >= 0.6 is 0 Å². The number of nitrogens with zero attached hydrogens (tertiary/aromatic N) is 1. The monoisotopic (exact) mass is 304 g/mol. The van der Waals surface area contributed by atoms with E-state index in [1.807, 2.05) is 18.2 Å². The minimum Gasteiger partial charge on any atom is -0.393 e. The largest absolute Gasteiger partial charge is 0.393 e. The molecule has 5 nitrogen and oxygen atoms in total. The van der Waals surface area contributed by atoms with Gasteiger partial charge in [0.15, 0.2) is 0 Å². The number of methoxy groups -OCH3 is 1. The van der Waals surface area contributed by atoms with Crippen LogP contribution in [0.3, 0.4) is 0 Å². The van der Waals surface area contributed by atoms with Crippen molar-refractivity contribution in [3.63, 3.8) is 0 Å². The number of nitrogens with one attached hydrogen (secondary N) is 1. The van der Waals surface area contributed by atoms with Gasteiger partial charge in [-0.25, -0.2) is 0 Å². The number of rotatable bonds is 6. The van der Waals surface area contributed by atoms with Gasteiger partial charge in [-0.05, 0) is 43.7 Å². The van der Waals surface area contributed by atoms with Gasteiger partial charge in [-0.2, -0.15) is 0 Å². The zero-order chi connectivity index (χ0) is 15.6. The van der Waals surface area contributed by atoms with Gasteiger partial charge in [0, 0.05) is 13.3 Å². The summed E-state index contributed by atoms with van der Waals surface area (Å²) in [5, 5.41) is 12.8. The number of pyridine rings is 1. The van der Waals surface area contributed by atoms with Crippen LogP contribution < -0.4 is 5.32 Å². The van der Waals surface area contributed by atoms with Crippen molar-refractivity contribution in [2.45, 2.75) is 44.2 Å². The predicted molar refractivity (Wildman–Crippen MR) is 82.0 cm³/mol. The molecule has 0 aromatic carbocycles. The molecule has 1 unspecified atom stereocenters. The molecule has 120 valence electrons. The van der Waals surface area contributed by atoms with E-state index in [1.54, 1.807) is 13.3 Å². The first-order valence-corrected chi connectivity index (χ1v) is 8.03. The summed E-state index contributed by atoms with van der Waals surface area (Å²) in [7, 11) is 1.64. The summed E-state index contributed by atoms with van der Waals surface area (Å²) >= 11 is 0. The quantitative estimate of drug-likeness (QED) is 0.841. The molecule has 2 saturated carbocycles. The molecule has 0 bridgehead atoms. The summed E-state index contributed by atoms with van der Waals surface area (Å²) in [6.07, 6.45) is 5.79. The van der Waals surface area contributed by atoms with Gasteiger partial charge in [0.1, 0.15) is 0 Å². The smallest absolute Gasteiger partial charge is 0.229 e. The van der Waals surface area contributed by atoms with Crippen LogP contribution in [0.2, 0.25) is 0 Å². The van der Waals surface area contributed by atoms with Crippen LogP contribution in [-0.4, -0.2) is 35.8 Å². The standard InChI is InChI=1S/C17H24N2O3/c1-22-11-17(6-4-7-17)16(21)19-15(12-9-13(20)10-12)14-5-2-3-8-18-14/h2-3,5,8,12-13,15,20H,4,6-7,9-11H2,1H3,(H,19,21). The van der Waals surface area contributed by atoms with Crippen molar-refractivity contribution in [1.82, 2.24) is 10.3 Å². The van der Waals surface area contributed by atoms with E-state index >= 15 is 0 Å². The third-order valence-corrected chi connectivity index (χ3v) is 5.13. The molecule has 0 aliphatic heterocycles. The van der Waals surface area contributed by atoms with Crippen molar-refractivity contribution in [3.05, 3.63) is 30.1 Å². The topological polar surface area (TPSA) is 71.5 Å². The van der Waals surface area contributed by atoms with Crippen LogP contribution in [0.1, 0.15) is 43.8 Å². The lowest BCUT2D eigenvalue weighted by atomic mass is 9.68. The molecule has 2 fully saturated rings. The molecule has 1 aromatic heterocycles. The van der Waals surface area contributed by atoms with E-state index in [9.17, 15) is 9.90 Å². The highest BCUT2D eigenvalue weighted by molar-refractivity contribution is 5.84. The van der Waals surface area contributed by atoms with E-state index in [0.717, 1.165) is 37.8 Å². The Bertz CT molecular complexity index is 510. The fraction of sp³-hybridized carbons (Fsp3) is 0.647. The Morgan fingerprint density at radius 1 is 1.50 bits per heavy atom. The minimum atomic E-state index is -0.371. The molecular weight excluding hydrogens is 280 g/mol. The summed E-state index contributed by atoms with van der Waals surface area (Å²) in [6.45, 7) is 0.473. The summed E-state index contributed by atoms with van der Waals surface area (Å²) in [4.78, 5) is 17.2. The van der Waals surface area contributed by atoms with E-state index in [1.165, 1.54) is 0 Å². The van der Waals surface area contributed by atoms with Crippen molar-refractivity contribution in [2.75, 3.05) is 13.7 Å². The summed E-state index contributed by atoms with van der Waals surface area (Å²) < 4.78 is 5.26. The third-order valence-electron chi connectivity index (χ3n) is 5.13. The molecule has 2 N–H and O–H groups in total. The lowest BCUT2D eigenvalue weighted by molar-refractivity contribution is -0.142. The number of hydrogen-bond acceptors (Lipinski definition) is 4. The lowest BCUT2D eigenvalue weighted by Crippen LogP contribution is -2.52. The van der Waals surface area contributed by atoms with E-state index in [4.69, 9.17) is 4.74 Å². The van der Waals surface area contributed by atoms with Gasteiger partial charge >= 0.3 is 0 Å². The fourth-order valence-electron chi connectivity index (χ4n) is 3.51. The molecule has 1 atom stereocenters. The molecule has 1 heterocycles. The van der Waals surface area contributed by atoms with Crippen molar-refractivity contribution in [3.8, 4) is 0 Å². The maximum Gasteiger partial charge on any atom is 0.229 e. The van der Waals surface area contributed by atoms with Crippen molar-refractivity contribution in [1.29, 1.82) is 0 Å². The number of hydrogen-bond donors (Lipinski definition) is 2. The Kier molecular flexibility index (Phi) is 4.45. The van der Waals surface area contributed by atoms with Gasteiger partial charge < -0.3 is 15.2 Å². The summed E-state index contributed by atoms with van der Waals surface area (Å²) in [5.41, 5.74) is 0.504. The number of amides is 1. The van der Waals surface area contributed by atoms with Gasteiger partial charge in [-0.3, -0.25) is 9.78 Å². The number of carbonyl (C=O) groups excluding carboxylic acids is 1. The Morgan fingerprint density at radius 2 is 2.27 bits per heavy atom. The normalized spacial score (nSPS) is 27.4. The second-order valence-electron chi connectivity index (χ2n) is 6.66. The van der Waals surface area contributed by atoms with Crippen LogP contribution in [0.25, 0.3) is 0 Å². The number of aliphatic hydroxyl groups excluding tert-OH is 1. The number of carbonyl (C=O) groups is 1. The highest BCUT2D eigenvalue weighted by atomic mass is 16.5. The molecule has 2 aliphatic rings. The van der Waals surface area contributed by atoms with Crippen LogP contribution in [0, 0.1) is 11.3 Å². The zero-order valence-corrected chi connectivity index (χ0v) is 13.0. The van der Waals surface area contributed by atoms with Gasteiger partial charge in [0.25, 0.3) is 0 Å². The molecule has 0 saturated heterocycles. The first kappa shape index (κ1) is 15.4. The van der Waals surface area contributed by atoms with Gasteiger partial charge in [0.2, 0.25) is 5.91 Å². The predicted octanol–water partition coefficient (Wildman–Crippen LogP) is 1.83. The molecule has 22 heavy (non-hydrogen) atoms. The van der Waals surface area contributed by atoms with Crippen LogP contribution in [0.5, 0.6) is 0 Å². The Morgan fingerprint density at radius 3 is 2.77 bits per heavy atom. The second kappa shape index (κ2) is 6.34. The number of aliphatic hydroxyl groups is 1. The molecule has 1 amide bonds. The lowest BCUT2D eigenvalue weighted by Gasteiger charge is -2.43. The molecule has 2 aliphatic carbocycles. The van der Waals surface area contributed by atoms with Gasteiger partial charge in [0.05, 0.1) is 29.9 Å². The molecular formula is C17H24N2O3. The van der Waals surface area contributed by atoms with Gasteiger partial charge in [-0.15, -0.1) is 0 Å². The van der Waals surface area contributed by atoms with Crippen LogP contribution in [0.4, 0.5) is 0 Å². The summed E-state index contributed by atoms with van der Waals surface area (Å²) in [5.74, 6) is 0.325. The van der Waals surface area contributed by atoms with E-state index < -0.39 is 0 Å².